The summed E-state index contributed by atoms with van der Waals surface area (Å²) in [5.74, 6) is -0.485. The Hall–Kier alpha value is -3.93. The van der Waals surface area contributed by atoms with Gasteiger partial charge in [0.2, 0.25) is 5.89 Å². The molecule has 0 spiro atoms. The molecule has 2 heterocycles. The summed E-state index contributed by atoms with van der Waals surface area (Å²) in [4.78, 5) is 32.4. The molecule has 0 N–H and O–H groups in total. The topological polar surface area (TPSA) is 72.6 Å². The van der Waals surface area contributed by atoms with Crippen molar-refractivity contribution in [2.75, 3.05) is 11.4 Å². The van der Waals surface area contributed by atoms with E-state index in [0.717, 1.165) is 24.1 Å². The highest BCUT2D eigenvalue weighted by atomic mass is 16.5. The van der Waals surface area contributed by atoms with E-state index >= 15 is 0 Å². The number of aryl methyl sites for hydroxylation is 1. The average molecular weight is 426 g/mol. The zero-order valence-corrected chi connectivity index (χ0v) is 17.7. The fourth-order valence-corrected chi connectivity index (χ4v) is 4.09. The van der Waals surface area contributed by atoms with Crippen molar-refractivity contribution in [2.24, 2.45) is 0 Å². The van der Waals surface area contributed by atoms with E-state index < -0.39 is 12.1 Å². The number of esters is 1. The summed E-state index contributed by atoms with van der Waals surface area (Å²) in [7, 11) is 0. The number of hydrogen-bond donors (Lipinski definition) is 0. The SMILES string of the molecule is CC(OC(=O)c1ccccc1-c1nc2ccccc2o1)C(=O)N1CCCc2ccccc21. The molecule has 0 radical (unpaired) electrons. The summed E-state index contributed by atoms with van der Waals surface area (Å²) in [6, 6.07) is 22.2. The van der Waals surface area contributed by atoms with Gasteiger partial charge in [0.1, 0.15) is 5.52 Å². The molecule has 1 aliphatic heterocycles. The molecule has 6 nitrogen and oxygen atoms in total. The fraction of sp³-hybridized carbons (Fsp3) is 0.192. The molecular weight excluding hydrogens is 404 g/mol. The van der Waals surface area contributed by atoms with Crippen molar-refractivity contribution >= 4 is 28.7 Å². The first-order valence-corrected chi connectivity index (χ1v) is 10.7. The van der Waals surface area contributed by atoms with Crippen LogP contribution in [0.5, 0.6) is 0 Å². The van der Waals surface area contributed by atoms with Gasteiger partial charge in [0.15, 0.2) is 11.7 Å². The highest BCUT2D eigenvalue weighted by molar-refractivity contribution is 6.01. The van der Waals surface area contributed by atoms with Crippen LogP contribution in [0.3, 0.4) is 0 Å². The van der Waals surface area contributed by atoms with Crippen molar-refractivity contribution in [3.05, 3.63) is 83.9 Å². The highest BCUT2D eigenvalue weighted by Gasteiger charge is 2.29. The Labute approximate surface area is 185 Å². The Morgan fingerprint density at radius 1 is 1.00 bits per heavy atom. The van der Waals surface area contributed by atoms with Gasteiger partial charge >= 0.3 is 5.97 Å². The predicted octanol–water partition coefficient (Wildman–Crippen LogP) is 5.02. The first-order chi connectivity index (χ1) is 15.6. The van der Waals surface area contributed by atoms with Gasteiger partial charge < -0.3 is 14.1 Å². The van der Waals surface area contributed by atoms with Crippen molar-refractivity contribution in [1.82, 2.24) is 4.98 Å². The Morgan fingerprint density at radius 2 is 1.75 bits per heavy atom. The number of aromatic nitrogens is 1. The van der Waals surface area contributed by atoms with Crippen LogP contribution < -0.4 is 4.90 Å². The molecule has 3 aromatic carbocycles. The molecule has 1 unspecified atom stereocenters. The van der Waals surface area contributed by atoms with E-state index in [0.29, 0.717) is 34.7 Å². The summed E-state index contributed by atoms with van der Waals surface area (Å²) < 4.78 is 11.4. The van der Waals surface area contributed by atoms with Gasteiger partial charge in [0.25, 0.3) is 5.91 Å². The highest BCUT2D eigenvalue weighted by Crippen LogP contribution is 2.29. The van der Waals surface area contributed by atoms with Crippen LogP contribution >= 0.6 is 0 Å². The molecule has 5 rings (SSSR count). The maximum atomic E-state index is 13.1. The van der Waals surface area contributed by atoms with E-state index in [4.69, 9.17) is 9.15 Å². The molecule has 4 aromatic rings. The van der Waals surface area contributed by atoms with Crippen LogP contribution in [0.4, 0.5) is 5.69 Å². The lowest BCUT2D eigenvalue weighted by Gasteiger charge is -2.31. The van der Waals surface area contributed by atoms with Crippen molar-refractivity contribution in [3.8, 4) is 11.5 Å². The number of rotatable bonds is 4. The van der Waals surface area contributed by atoms with Crippen molar-refractivity contribution in [3.63, 3.8) is 0 Å². The number of fused-ring (bicyclic) bond motifs is 2. The van der Waals surface area contributed by atoms with Crippen LogP contribution in [0.2, 0.25) is 0 Å². The first kappa shape index (κ1) is 20.0. The Kier molecular flexibility index (Phi) is 5.19. The monoisotopic (exact) mass is 426 g/mol. The average Bonchev–Trinajstić information content (AvgIpc) is 3.27. The third-order valence-electron chi connectivity index (χ3n) is 5.68. The van der Waals surface area contributed by atoms with E-state index in [-0.39, 0.29) is 5.91 Å². The van der Waals surface area contributed by atoms with Gasteiger partial charge in [-0.15, -0.1) is 0 Å². The summed E-state index contributed by atoms with van der Waals surface area (Å²) in [5, 5.41) is 0. The quantitative estimate of drug-likeness (QED) is 0.429. The predicted molar refractivity (Wildman–Crippen MR) is 121 cm³/mol. The number of hydrogen-bond acceptors (Lipinski definition) is 5. The van der Waals surface area contributed by atoms with Crippen LogP contribution in [-0.2, 0) is 16.0 Å². The molecule has 0 fully saturated rings. The second-order valence-electron chi connectivity index (χ2n) is 7.80. The van der Waals surface area contributed by atoms with Gasteiger partial charge in [-0.2, -0.15) is 0 Å². The molecule has 160 valence electrons. The van der Waals surface area contributed by atoms with Crippen molar-refractivity contribution < 1.29 is 18.7 Å². The molecule has 1 aromatic heterocycles. The number of nitrogens with zero attached hydrogens (tertiary/aromatic N) is 2. The first-order valence-electron chi connectivity index (χ1n) is 10.7. The molecule has 0 saturated carbocycles. The van der Waals surface area contributed by atoms with Crippen molar-refractivity contribution in [2.45, 2.75) is 25.9 Å². The molecule has 32 heavy (non-hydrogen) atoms. The van der Waals surface area contributed by atoms with E-state index in [2.05, 4.69) is 4.98 Å². The van der Waals surface area contributed by atoms with E-state index in [1.54, 1.807) is 36.1 Å². The number of para-hydroxylation sites is 3. The second-order valence-corrected chi connectivity index (χ2v) is 7.80. The van der Waals surface area contributed by atoms with Gasteiger partial charge in [-0.05, 0) is 55.7 Å². The lowest BCUT2D eigenvalue weighted by molar-refractivity contribution is -0.126. The largest absolute Gasteiger partial charge is 0.449 e. The summed E-state index contributed by atoms with van der Waals surface area (Å²) in [6.07, 6.45) is 0.890. The smallest absolute Gasteiger partial charge is 0.339 e. The molecule has 1 atom stereocenters. The van der Waals surface area contributed by atoms with Gasteiger partial charge in [-0.1, -0.05) is 42.5 Å². The van der Waals surface area contributed by atoms with Gasteiger partial charge in [-0.25, -0.2) is 9.78 Å². The fourth-order valence-electron chi connectivity index (χ4n) is 4.09. The van der Waals surface area contributed by atoms with Crippen LogP contribution in [0.1, 0.15) is 29.3 Å². The third kappa shape index (κ3) is 3.64. The number of carbonyl (C=O) groups is 2. The number of amides is 1. The molecule has 0 bridgehead atoms. The minimum Gasteiger partial charge on any atom is -0.449 e. The Bertz CT molecular complexity index is 1280. The molecule has 0 saturated heterocycles. The normalized spacial score (nSPS) is 14.1. The van der Waals surface area contributed by atoms with Gasteiger partial charge in [0.05, 0.1) is 11.1 Å². The van der Waals surface area contributed by atoms with Crippen LogP contribution in [0.15, 0.2) is 77.2 Å². The number of anilines is 1. The van der Waals surface area contributed by atoms with Crippen LogP contribution in [-0.4, -0.2) is 29.5 Å². The van der Waals surface area contributed by atoms with Gasteiger partial charge in [-0.3, -0.25) is 4.79 Å². The standard InChI is InChI=1S/C26H22N2O4/c1-17(25(29)28-16-8-10-18-9-2-6-14-22(18)28)31-26(30)20-12-4-3-11-19(20)24-27-21-13-5-7-15-23(21)32-24/h2-7,9,11-15,17H,8,10,16H2,1H3. The zero-order chi connectivity index (χ0) is 22.1. The summed E-state index contributed by atoms with van der Waals surface area (Å²) in [5.41, 5.74) is 4.19. The number of carbonyl (C=O) groups excluding carboxylic acids is 2. The van der Waals surface area contributed by atoms with Crippen molar-refractivity contribution in [1.29, 1.82) is 0 Å². The molecule has 1 aliphatic rings. The zero-order valence-electron chi connectivity index (χ0n) is 17.7. The van der Waals surface area contributed by atoms with Crippen LogP contribution in [0.25, 0.3) is 22.6 Å². The second kappa shape index (κ2) is 8.30. The summed E-state index contributed by atoms with van der Waals surface area (Å²) in [6.45, 7) is 2.22. The number of benzene rings is 3. The Morgan fingerprint density at radius 3 is 2.62 bits per heavy atom. The molecular formula is C26H22N2O4. The molecule has 6 heteroatoms. The van der Waals surface area contributed by atoms with E-state index in [9.17, 15) is 9.59 Å². The minimum absolute atomic E-state index is 0.232. The number of ether oxygens (including phenoxy) is 1. The lowest BCUT2D eigenvalue weighted by atomic mass is 10.0. The third-order valence-corrected chi connectivity index (χ3v) is 5.68. The van der Waals surface area contributed by atoms with E-state index in [1.807, 2.05) is 48.5 Å². The summed E-state index contributed by atoms with van der Waals surface area (Å²) >= 11 is 0. The van der Waals surface area contributed by atoms with Gasteiger partial charge in [0, 0.05) is 12.2 Å². The molecule has 1 amide bonds. The molecule has 0 aliphatic carbocycles. The maximum Gasteiger partial charge on any atom is 0.339 e. The maximum absolute atomic E-state index is 13.1. The minimum atomic E-state index is -0.926. The van der Waals surface area contributed by atoms with E-state index in [1.165, 1.54) is 0 Å². The Balaban J connectivity index is 1.38. The lowest BCUT2D eigenvalue weighted by Crippen LogP contribution is -2.42. The number of oxazole rings is 1. The van der Waals surface area contributed by atoms with Crippen LogP contribution in [0, 0.1) is 0 Å².